The van der Waals surface area contributed by atoms with Gasteiger partial charge in [-0.15, -0.1) is 0 Å². The van der Waals surface area contributed by atoms with E-state index in [2.05, 4.69) is 5.32 Å². The maximum absolute atomic E-state index is 10.6. The molecular weight excluding hydrogens is 333 g/mol. The van der Waals surface area contributed by atoms with E-state index in [0.717, 1.165) is 11.1 Å². The van der Waals surface area contributed by atoms with Gasteiger partial charge in [0, 0.05) is 11.6 Å². The second-order valence-electron chi connectivity index (χ2n) is 4.49. The molecule has 0 aromatic heterocycles. The van der Waals surface area contributed by atoms with Crippen molar-refractivity contribution < 1.29 is 9.90 Å². The van der Waals surface area contributed by atoms with Gasteiger partial charge in [0.2, 0.25) is 0 Å². The van der Waals surface area contributed by atoms with Gasteiger partial charge in [-0.25, -0.2) is 0 Å². The van der Waals surface area contributed by atoms with E-state index >= 15 is 0 Å². The van der Waals surface area contributed by atoms with Crippen molar-refractivity contribution in [2.75, 3.05) is 5.32 Å². The van der Waals surface area contributed by atoms with Crippen LogP contribution in [0.1, 0.15) is 11.1 Å². The summed E-state index contributed by atoms with van der Waals surface area (Å²) in [6.07, 6.45) is 0.0164. The van der Waals surface area contributed by atoms with Crippen molar-refractivity contribution in [2.45, 2.75) is 13.0 Å². The molecule has 0 aliphatic heterocycles. The molecule has 0 fully saturated rings. The van der Waals surface area contributed by atoms with Crippen molar-refractivity contribution in [2.24, 2.45) is 0 Å². The molecule has 0 heterocycles. The molecule has 0 amide bonds. The van der Waals surface area contributed by atoms with Crippen LogP contribution in [0.2, 0.25) is 15.1 Å². The lowest BCUT2D eigenvalue weighted by atomic mass is 10.1. The van der Waals surface area contributed by atoms with Crippen molar-refractivity contribution in [3.63, 3.8) is 0 Å². The van der Waals surface area contributed by atoms with Gasteiger partial charge in [-0.2, -0.15) is 0 Å². The van der Waals surface area contributed by atoms with Gasteiger partial charge in [0.25, 0.3) is 0 Å². The van der Waals surface area contributed by atoms with Crippen LogP contribution in [0.25, 0.3) is 0 Å². The van der Waals surface area contributed by atoms with Gasteiger partial charge in [-0.05, 0) is 23.3 Å². The lowest BCUT2D eigenvalue weighted by Gasteiger charge is -2.11. The van der Waals surface area contributed by atoms with Gasteiger partial charge in [-0.1, -0.05) is 59.1 Å². The Hall–Kier alpha value is -1.42. The summed E-state index contributed by atoms with van der Waals surface area (Å²) < 4.78 is 0. The minimum atomic E-state index is -0.847. The quantitative estimate of drug-likeness (QED) is 0.812. The molecule has 2 rings (SSSR count). The largest absolute Gasteiger partial charge is 0.481 e. The molecule has 0 saturated carbocycles. The first kappa shape index (κ1) is 16.0. The minimum absolute atomic E-state index is 0.0164. The Labute approximate surface area is 137 Å². The third-order valence-electron chi connectivity index (χ3n) is 2.85. The third kappa shape index (κ3) is 4.53. The summed E-state index contributed by atoms with van der Waals surface area (Å²) in [6, 6.07) is 10.5. The summed E-state index contributed by atoms with van der Waals surface area (Å²) >= 11 is 18.0. The standard InChI is InChI=1S/C15H12Cl3NO2/c16-11-6-12(17)15(13(18)7-11)19-8-10-3-1-9(2-4-10)5-14(20)21/h1-4,6-7,19H,5,8H2,(H,20,21). The van der Waals surface area contributed by atoms with Crippen LogP contribution in [0.5, 0.6) is 0 Å². The van der Waals surface area contributed by atoms with Crippen molar-refractivity contribution in [3.8, 4) is 0 Å². The molecule has 0 bridgehead atoms. The molecule has 0 radical (unpaired) electrons. The number of carbonyl (C=O) groups is 1. The smallest absolute Gasteiger partial charge is 0.307 e. The van der Waals surface area contributed by atoms with Crippen molar-refractivity contribution in [1.82, 2.24) is 0 Å². The Bertz CT molecular complexity index is 633. The van der Waals surface area contributed by atoms with Crippen molar-refractivity contribution >= 4 is 46.5 Å². The number of benzene rings is 2. The number of hydrogen-bond donors (Lipinski definition) is 2. The highest BCUT2D eigenvalue weighted by atomic mass is 35.5. The van der Waals surface area contributed by atoms with E-state index in [-0.39, 0.29) is 6.42 Å². The SMILES string of the molecule is O=C(O)Cc1ccc(CNc2c(Cl)cc(Cl)cc2Cl)cc1. The van der Waals surface area contributed by atoms with Gasteiger partial charge in [0.1, 0.15) is 0 Å². The highest BCUT2D eigenvalue weighted by Crippen LogP contribution is 2.33. The first-order chi connectivity index (χ1) is 9.95. The van der Waals surface area contributed by atoms with Crippen LogP contribution in [-0.2, 0) is 17.8 Å². The highest BCUT2D eigenvalue weighted by molar-refractivity contribution is 6.41. The predicted molar refractivity (Wildman–Crippen MR) is 86.6 cm³/mol. The van der Waals surface area contributed by atoms with Gasteiger partial charge >= 0.3 is 5.97 Å². The van der Waals surface area contributed by atoms with Crippen LogP contribution < -0.4 is 5.32 Å². The second kappa shape index (κ2) is 7.03. The second-order valence-corrected chi connectivity index (χ2v) is 5.74. The zero-order valence-corrected chi connectivity index (χ0v) is 13.1. The molecule has 6 heteroatoms. The van der Waals surface area contributed by atoms with E-state index in [0.29, 0.717) is 27.3 Å². The number of halogens is 3. The van der Waals surface area contributed by atoms with Crippen LogP contribution in [0.4, 0.5) is 5.69 Å². The molecule has 2 aromatic rings. The average Bonchev–Trinajstić information content (AvgIpc) is 2.38. The topological polar surface area (TPSA) is 49.3 Å². The highest BCUT2D eigenvalue weighted by Gasteiger charge is 2.07. The Morgan fingerprint density at radius 2 is 1.52 bits per heavy atom. The maximum Gasteiger partial charge on any atom is 0.307 e. The van der Waals surface area contributed by atoms with Crippen molar-refractivity contribution in [1.29, 1.82) is 0 Å². The van der Waals surface area contributed by atoms with E-state index in [9.17, 15) is 4.79 Å². The van der Waals surface area contributed by atoms with E-state index in [4.69, 9.17) is 39.9 Å². The number of rotatable bonds is 5. The summed E-state index contributed by atoms with van der Waals surface area (Å²) in [5.74, 6) is -0.847. The Kier molecular flexibility index (Phi) is 5.34. The Morgan fingerprint density at radius 1 is 1.00 bits per heavy atom. The average molecular weight is 345 g/mol. The van der Waals surface area contributed by atoms with Crippen LogP contribution in [-0.4, -0.2) is 11.1 Å². The Morgan fingerprint density at radius 3 is 2.05 bits per heavy atom. The fourth-order valence-electron chi connectivity index (χ4n) is 1.85. The van der Waals surface area contributed by atoms with E-state index < -0.39 is 5.97 Å². The van der Waals surface area contributed by atoms with Crippen molar-refractivity contribution in [3.05, 3.63) is 62.6 Å². The molecule has 3 nitrogen and oxygen atoms in total. The van der Waals surface area contributed by atoms with Crippen LogP contribution in [0.15, 0.2) is 36.4 Å². The molecule has 0 aliphatic carbocycles. The van der Waals surface area contributed by atoms with Gasteiger partial charge in [0.05, 0.1) is 22.2 Å². The fourth-order valence-corrected chi connectivity index (χ4v) is 2.80. The molecule has 0 saturated heterocycles. The van der Waals surface area contributed by atoms with Gasteiger partial charge in [-0.3, -0.25) is 4.79 Å². The van der Waals surface area contributed by atoms with Gasteiger partial charge in [0.15, 0.2) is 0 Å². The third-order valence-corrected chi connectivity index (χ3v) is 3.67. The zero-order valence-electron chi connectivity index (χ0n) is 10.9. The maximum atomic E-state index is 10.6. The Balaban J connectivity index is 2.05. The summed E-state index contributed by atoms with van der Waals surface area (Å²) in [5, 5.41) is 13.3. The molecule has 2 aromatic carbocycles. The normalized spacial score (nSPS) is 10.4. The van der Waals surface area contributed by atoms with Crippen LogP contribution in [0.3, 0.4) is 0 Å². The lowest BCUT2D eigenvalue weighted by molar-refractivity contribution is -0.136. The van der Waals surface area contributed by atoms with Gasteiger partial charge < -0.3 is 10.4 Å². The summed E-state index contributed by atoms with van der Waals surface area (Å²) in [6.45, 7) is 0.522. The van der Waals surface area contributed by atoms with E-state index in [1.54, 1.807) is 24.3 Å². The molecule has 2 N–H and O–H groups in total. The number of carboxylic acid groups (broad SMARTS) is 1. The molecular formula is C15H12Cl3NO2. The minimum Gasteiger partial charge on any atom is -0.481 e. The lowest BCUT2D eigenvalue weighted by Crippen LogP contribution is -2.02. The monoisotopic (exact) mass is 343 g/mol. The van der Waals surface area contributed by atoms with Crippen LogP contribution >= 0.6 is 34.8 Å². The van der Waals surface area contributed by atoms with Crippen LogP contribution in [0, 0.1) is 0 Å². The molecule has 110 valence electrons. The number of hydrogen-bond acceptors (Lipinski definition) is 2. The zero-order chi connectivity index (χ0) is 15.4. The summed E-state index contributed by atoms with van der Waals surface area (Å²) in [5.41, 5.74) is 2.37. The summed E-state index contributed by atoms with van der Waals surface area (Å²) in [4.78, 5) is 10.6. The molecule has 0 spiro atoms. The number of anilines is 1. The molecule has 21 heavy (non-hydrogen) atoms. The number of nitrogens with one attached hydrogen (secondary N) is 1. The summed E-state index contributed by atoms with van der Waals surface area (Å²) in [7, 11) is 0. The van der Waals surface area contributed by atoms with E-state index in [1.165, 1.54) is 0 Å². The molecule has 0 aliphatic rings. The van der Waals surface area contributed by atoms with E-state index in [1.807, 2.05) is 12.1 Å². The predicted octanol–water partition coefficient (Wildman–Crippen LogP) is 4.89. The first-order valence-electron chi connectivity index (χ1n) is 6.13. The fraction of sp³-hybridized carbons (Fsp3) is 0.133. The number of carboxylic acids is 1. The molecule has 0 atom stereocenters. The number of aliphatic carboxylic acids is 1. The first-order valence-corrected chi connectivity index (χ1v) is 7.27. The molecule has 0 unspecified atom stereocenters.